The van der Waals surface area contributed by atoms with Crippen LogP contribution in [0.5, 0.6) is 5.75 Å². The summed E-state index contributed by atoms with van der Waals surface area (Å²) in [5, 5.41) is 22.1. The Kier molecular flexibility index (Phi) is 4.59. The van der Waals surface area contributed by atoms with Crippen LogP contribution >= 0.6 is 11.6 Å². The topological polar surface area (TPSA) is 113 Å². The van der Waals surface area contributed by atoms with Gasteiger partial charge < -0.3 is 5.11 Å². The maximum Gasteiger partial charge on any atom is 0.312 e. The molecule has 0 saturated carbocycles. The lowest BCUT2D eigenvalue weighted by atomic mass is 10.1. The van der Waals surface area contributed by atoms with Crippen molar-refractivity contribution in [2.45, 2.75) is 13.8 Å². The molecule has 138 valence electrons. The van der Waals surface area contributed by atoms with E-state index in [0.717, 1.165) is 28.3 Å². The summed E-state index contributed by atoms with van der Waals surface area (Å²) < 4.78 is 0. The van der Waals surface area contributed by atoms with Gasteiger partial charge in [0.15, 0.2) is 0 Å². The van der Waals surface area contributed by atoms with E-state index in [2.05, 4.69) is 5.43 Å². The van der Waals surface area contributed by atoms with Gasteiger partial charge in [-0.2, -0.15) is 0 Å². The molecular weight excluding hydrogens is 374 g/mol. The quantitative estimate of drug-likeness (QED) is 0.364. The largest absolute Gasteiger partial charge is 0.502 e. The zero-order chi connectivity index (χ0) is 19.9. The van der Waals surface area contributed by atoms with E-state index < -0.39 is 28.2 Å². The first-order valence-corrected chi connectivity index (χ1v) is 8.18. The van der Waals surface area contributed by atoms with Crippen LogP contribution in [0.15, 0.2) is 35.9 Å². The number of carbonyl (C=O) groups is 2. The molecular formula is C18H14ClN3O5. The van der Waals surface area contributed by atoms with E-state index >= 15 is 0 Å². The van der Waals surface area contributed by atoms with Gasteiger partial charge in [0.2, 0.25) is 5.75 Å². The summed E-state index contributed by atoms with van der Waals surface area (Å²) in [7, 11) is 0. The number of benzene rings is 2. The molecule has 1 fully saturated rings. The van der Waals surface area contributed by atoms with Crippen molar-refractivity contribution in [3.05, 3.63) is 67.7 Å². The van der Waals surface area contributed by atoms with E-state index in [1.165, 1.54) is 6.07 Å². The van der Waals surface area contributed by atoms with E-state index in [0.29, 0.717) is 5.69 Å². The van der Waals surface area contributed by atoms with Gasteiger partial charge >= 0.3 is 5.69 Å². The van der Waals surface area contributed by atoms with Crippen LogP contribution in [0.4, 0.5) is 11.4 Å². The summed E-state index contributed by atoms with van der Waals surface area (Å²) in [6.07, 6.45) is 1.08. The number of nitro groups is 1. The predicted octanol–water partition coefficient (Wildman–Crippen LogP) is 3.03. The van der Waals surface area contributed by atoms with Crippen molar-refractivity contribution < 1.29 is 19.6 Å². The molecule has 2 aromatic carbocycles. The second-order valence-corrected chi connectivity index (χ2v) is 6.46. The van der Waals surface area contributed by atoms with Crippen molar-refractivity contribution >= 4 is 40.9 Å². The van der Waals surface area contributed by atoms with Crippen LogP contribution in [-0.4, -0.2) is 21.8 Å². The van der Waals surface area contributed by atoms with E-state index in [1.54, 1.807) is 12.1 Å². The molecule has 0 bridgehead atoms. The van der Waals surface area contributed by atoms with Gasteiger partial charge in [0.1, 0.15) is 5.57 Å². The normalized spacial score (nSPS) is 15.4. The molecule has 1 saturated heterocycles. The number of hydrogen-bond acceptors (Lipinski definition) is 5. The number of nitrogens with zero attached hydrogens (tertiary/aromatic N) is 2. The number of rotatable bonds is 3. The van der Waals surface area contributed by atoms with E-state index in [4.69, 9.17) is 11.6 Å². The zero-order valence-electron chi connectivity index (χ0n) is 14.3. The molecule has 2 aromatic rings. The number of hydrazine groups is 1. The fourth-order valence-corrected chi connectivity index (χ4v) is 2.83. The number of carbonyl (C=O) groups excluding carboxylic acids is 2. The van der Waals surface area contributed by atoms with E-state index in [-0.39, 0.29) is 16.2 Å². The molecule has 1 aliphatic heterocycles. The van der Waals surface area contributed by atoms with Crippen LogP contribution in [0.1, 0.15) is 16.7 Å². The number of halogens is 1. The molecule has 0 atom stereocenters. The van der Waals surface area contributed by atoms with Crippen LogP contribution < -0.4 is 10.4 Å². The lowest BCUT2D eigenvalue weighted by molar-refractivity contribution is -0.385. The highest BCUT2D eigenvalue weighted by molar-refractivity contribution is 6.32. The van der Waals surface area contributed by atoms with Crippen molar-refractivity contribution in [3.8, 4) is 5.75 Å². The molecule has 27 heavy (non-hydrogen) atoms. The summed E-state index contributed by atoms with van der Waals surface area (Å²) in [6.45, 7) is 3.80. The highest BCUT2D eigenvalue weighted by Gasteiger charge is 2.35. The molecule has 0 aromatic heterocycles. The Hall–Kier alpha value is -3.39. The second kappa shape index (κ2) is 6.73. The Morgan fingerprint density at radius 2 is 1.89 bits per heavy atom. The Bertz CT molecular complexity index is 1030. The third-order valence-electron chi connectivity index (χ3n) is 4.22. The third kappa shape index (κ3) is 3.34. The Balaban J connectivity index is 2.03. The number of nitrogens with one attached hydrogen (secondary N) is 1. The first kappa shape index (κ1) is 18.4. The average molecular weight is 388 g/mol. The molecule has 1 heterocycles. The van der Waals surface area contributed by atoms with E-state index in [1.807, 2.05) is 19.9 Å². The number of amides is 2. The third-order valence-corrected chi connectivity index (χ3v) is 4.44. The highest BCUT2D eigenvalue weighted by atomic mass is 35.5. The number of phenols is 1. The summed E-state index contributed by atoms with van der Waals surface area (Å²) >= 11 is 5.84. The minimum Gasteiger partial charge on any atom is -0.502 e. The number of nitro benzene ring substituents is 1. The van der Waals surface area contributed by atoms with Crippen molar-refractivity contribution in [2.24, 2.45) is 0 Å². The number of phenolic OH excluding ortho intramolecular Hbond substituents is 1. The monoisotopic (exact) mass is 387 g/mol. The Labute approximate surface area is 158 Å². The number of anilines is 1. The summed E-state index contributed by atoms with van der Waals surface area (Å²) in [5.74, 6) is -2.02. The minimum absolute atomic E-state index is 0.0109. The van der Waals surface area contributed by atoms with Crippen molar-refractivity contribution in [1.29, 1.82) is 0 Å². The Morgan fingerprint density at radius 3 is 2.52 bits per heavy atom. The fourth-order valence-electron chi connectivity index (χ4n) is 2.61. The van der Waals surface area contributed by atoms with Crippen LogP contribution in [0, 0.1) is 24.0 Å². The standard InChI is InChI=1S/C18H14ClN3O5/c1-9-3-4-13(5-10(9)2)21-18(25)14(17(24)20-21)7-11-6-12(19)8-15(16(11)23)22(26)27/h3-8,23H,1-2H3,(H,20,24). The molecule has 0 aliphatic carbocycles. The second-order valence-electron chi connectivity index (χ2n) is 6.03. The molecule has 1 aliphatic rings. The molecule has 0 radical (unpaired) electrons. The minimum atomic E-state index is -0.804. The maximum absolute atomic E-state index is 12.7. The highest BCUT2D eigenvalue weighted by Crippen LogP contribution is 2.35. The van der Waals surface area contributed by atoms with Crippen LogP contribution in [-0.2, 0) is 9.59 Å². The predicted molar refractivity (Wildman–Crippen MR) is 99.3 cm³/mol. The SMILES string of the molecule is Cc1ccc(N2NC(=O)C(=Cc3cc(Cl)cc([N+](=O)[O-])c3O)C2=O)cc1C. The molecule has 8 nitrogen and oxygen atoms in total. The summed E-state index contributed by atoms with van der Waals surface area (Å²) in [5.41, 5.74) is 3.88. The van der Waals surface area contributed by atoms with Crippen LogP contribution in [0.25, 0.3) is 6.08 Å². The van der Waals surface area contributed by atoms with Crippen LogP contribution in [0.3, 0.4) is 0 Å². The number of aryl methyl sites for hydroxylation is 2. The van der Waals surface area contributed by atoms with Gasteiger partial charge in [0.25, 0.3) is 11.8 Å². The Morgan fingerprint density at radius 1 is 1.19 bits per heavy atom. The summed E-state index contributed by atoms with van der Waals surface area (Å²) in [4.78, 5) is 35.1. The number of aromatic hydroxyl groups is 1. The van der Waals surface area contributed by atoms with Crippen LogP contribution in [0.2, 0.25) is 5.02 Å². The molecule has 3 rings (SSSR count). The van der Waals surface area contributed by atoms with Gasteiger partial charge in [-0.05, 0) is 49.2 Å². The van der Waals surface area contributed by atoms with Gasteiger partial charge in [-0.3, -0.25) is 25.1 Å². The maximum atomic E-state index is 12.7. The van der Waals surface area contributed by atoms with Crippen molar-refractivity contribution in [2.75, 3.05) is 5.01 Å². The fraction of sp³-hybridized carbons (Fsp3) is 0.111. The van der Waals surface area contributed by atoms with E-state index in [9.17, 15) is 24.8 Å². The molecule has 0 spiro atoms. The lowest BCUT2D eigenvalue weighted by Crippen LogP contribution is -2.35. The van der Waals surface area contributed by atoms with Gasteiger partial charge in [-0.25, -0.2) is 5.01 Å². The molecule has 9 heteroatoms. The van der Waals surface area contributed by atoms with Gasteiger partial charge in [-0.15, -0.1) is 0 Å². The zero-order valence-corrected chi connectivity index (χ0v) is 15.1. The summed E-state index contributed by atoms with van der Waals surface area (Å²) in [6, 6.07) is 7.47. The van der Waals surface area contributed by atoms with Gasteiger partial charge in [-0.1, -0.05) is 17.7 Å². The molecule has 2 N–H and O–H groups in total. The first-order chi connectivity index (χ1) is 12.7. The smallest absolute Gasteiger partial charge is 0.312 e. The lowest BCUT2D eigenvalue weighted by Gasteiger charge is -2.16. The number of hydrogen-bond donors (Lipinski definition) is 2. The first-order valence-electron chi connectivity index (χ1n) is 7.80. The van der Waals surface area contributed by atoms with Gasteiger partial charge in [0, 0.05) is 16.7 Å². The van der Waals surface area contributed by atoms with Crippen molar-refractivity contribution in [1.82, 2.24) is 5.43 Å². The van der Waals surface area contributed by atoms with Gasteiger partial charge in [0.05, 0.1) is 10.6 Å². The average Bonchev–Trinajstić information content (AvgIpc) is 2.88. The molecule has 0 unspecified atom stereocenters. The molecule has 2 amide bonds. The van der Waals surface area contributed by atoms with Crippen molar-refractivity contribution in [3.63, 3.8) is 0 Å².